The van der Waals surface area contributed by atoms with Crippen LogP contribution in [0.3, 0.4) is 0 Å². The maximum atomic E-state index is 12.5. The zero-order valence-electron chi connectivity index (χ0n) is 12.3. The summed E-state index contributed by atoms with van der Waals surface area (Å²) in [5.74, 6) is 0.427. The Balaban J connectivity index is 2.08. The highest BCUT2D eigenvalue weighted by molar-refractivity contribution is 7.89. The second-order valence-electron chi connectivity index (χ2n) is 5.48. The summed E-state index contributed by atoms with van der Waals surface area (Å²) >= 11 is 0. The SMILES string of the molecule is CNc1ccc(S(=O)(=O)N(C)CC2CCN(C)C2)cc1. The fraction of sp³-hybridized carbons (Fsp3) is 0.571. The molecule has 2 rings (SSSR count). The van der Waals surface area contributed by atoms with Crippen LogP contribution >= 0.6 is 0 Å². The molecule has 0 radical (unpaired) electrons. The third-order valence-electron chi connectivity index (χ3n) is 3.86. The Morgan fingerprint density at radius 2 is 2.00 bits per heavy atom. The highest BCUT2D eigenvalue weighted by Gasteiger charge is 2.27. The number of sulfonamides is 1. The number of likely N-dealkylation sites (tertiary alicyclic amines) is 1. The lowest BCUT2D eigenvalue weighted by molar-refractivity contribution is 0.357. The van der Waals surface area contributed by atoms with Gasteiger partial charge < -0.3 is 10.2 Å². The minimum absolute atomic E-state index is 0.352. The van der Waals surface area contributed by atoms with Crippen molar-refractivity contribution in [3.63, 3.8) is 0 Å². The number of hydrogen-bond donors (Lipinski definition) is 1. The lowest BCUT2D eigenvalue weighted by Crippen LogP contribution is -2.32. The molecule has 5 nitrogen and oxygen atoms in total. The van der Waals surface area contributed by atoms with E-state index in [-0.39, 0.29) is 0 Å². The van der Waals surface area contributed by atoms with Gasteiger partial charge in [-0.15, -0.1) is 0 Å². The van der Waals surface area contributed by atoms with E-state index in [1.54, 1.807) is 31.3 Å². The van der Waals surface area contributed by atoms with Crippen molar-refractivity contribution < 1.29 is 8.42 Å². The van der Waals surface area contributed by atoms with Crippen molar-refractivity contribution in [2.24, 2.45) is 5.92 Å². The molecule has 1 N–H and O–H groups in total. The van der Waals surface area contributed by atoms with Crippen molar-refractivity contribution in [3.8, 4) is 0 Å². The average molecular weight is 297 g/mol. The fourth-order valence-corrected chi connectivity index (χ4v) is 3.86. The minimum Gasteiger partial charge on any atom is -0.388 e. The Morgan fingerprint density at radius 1 is 1.35 bits per heavy atom. The highest BCUT2D eigenvalue weighted by Crippen LogP contribution is 2.21. The first-order chi connectivity index (χ1) is 9.43. The Morgan fingerprint density at radius 3 is 2.50 bits per heavy atom. The van der Waals surface area contributed by atoms with Crippen LogP contribution in [0, 0.1) is 5.92 Å². The molecule has 1 unspecified atom stereocenters. The van der Waals surface area contributed by atoms with E-state index in [0.29, 0.717) is 17.4 Å². The Labute approximate surface area is 121 Å². The first kappa shape index (κ1) is 15.3. The van der Waals surface area contributed by atoms with Gasteiger partial charge in [0.25, 0.3) is 0 Å². The summed E-state index contributed by atoms with van der Waals surface area (Å²) in [6.45, 7) is 2.61. The van der Waals surface area contributed by atoms with E-state index < -0.39 is 10.0 Å². The van der Waals surface area contributed by atoms with Crippen LogP contribution in [-0.4, -0.2) is 58.4 Å². The van der Waals surface area contributed by atoms with Crippen molar-refractivity contribution in [2.75, 3.05) is 46.1 Å². The molecular weight excluding hydrogens is 274 g/mol. The number of benzene rings is 1. The van der Waals surface area contributed by atoms with Gasteiger partial charge in [-0.3, -0.25) is 0 Å². The summed E-state index contributed by atoms with van der Waals surface area (Å²) in [5.41, 5.74) is 0.907. The maximum absolute atomic E-state index is 12.5. The van der Waals surface area contributed by atoms with Crippen LogP contribution in [-0.2, 0) is 10.0 Å². The molecule has 0 aromatic heterocycles. The van der Waals surface area contributed by atoms with E-state index in [4.69, 9.17) is 0 Å². The minimum atomic E-state index is -3.38. The first-order valence-corrected chi connectivity index (χ1v) is 8.30. The summed E-state index contributed by atoms with van der Waals surface area (Å²) in [5, 5.41) is 2.98. The van der Waals surface area contributed by atoms with Gasteiger partial charge in [0.15, 0.2) is 0 Å². The number of nitrogens with zero attached hydrogens (tertiary/aromatic N) is 2. The Bertz CT molecular complexity index is 542. The lowest BCUT2D eigenvalue weighted by atomic mass is 10.1. The van der Waals surface area contributed by atoms with E-state index in [1.165, 1.54) is 4.31 Å². The first-order valence-electron chi connectivity index (χ1n) is 6.86. The summed E-state index contributed by atoms with van der Waals surface area (Å²) in [6.07, 6.45) is 1.06. The van der Waals surface area contributed by atoms with Gasteiger partial charge in [0.2, 0.25) is 10.0 Å². The summed E-state index contributed by atoms with van der Waals surface area (Å²) in [7, 11) is 2.17. The highest BCUT2D eigenvalue weighted by atomic mass is 32.2. The number of anilines is 1. The van der Waals surface area contributed by atoms with Crippen LogP contribution in [0.2, 0.25) is 0 Å². The molecule has 0 amide bonds. The topological polar surface area (TPSA) is 52.7 Å². The van der Waals surface area contributed by atoms with Crippen molar-refractivity contribution in [1.29, 1.82) is 0 Å². The summed E-state index contributed by atoms with van der Waals surface area (Å²) in [4.78, 5) is 2.60. The van der Waals surface area contributed by atoms with E-state index in [0.717, 1.165) is 25.2 Å². The number of rotatable bonds is 5. The van der Waals surface area contributed by atoms with E-state index in [2.05, 4.69) is 17.3 Å². The fourth-order valence-electron chi connectivity index (χ4n) is 2.61. The molecule has 1 saturated heterocycles. The van der Waals surface area contributed by atoms with Gasteiger partial charge in [0, 0.05) is 32.9 Å². The van der Waals surface area contributed by atoms with Gasteiger partial charge in [-0.1, -0.05) is 0 Å². The van der Waals surface area contributed by atoms with Gasteiger partial charge in [-0.25, -0.2) is 12.7 Å². The second kappa shape index (κ2) is 6.11. The van der Waals surface area contributed by atoms with Crippen LogP contribution in [0.1, 0.15) is 6.42 Å². The van der Waals surface area contributed by atoms with Gasteiger partial charge >= 0.3 is 0 Å². The predicted octanol–water partition coefficient (Wildman–Crippen LogP) is 1.30. The zero-order chi connectivity index (χ0) is 14.8. The molecule has 1 aliphatic rings. The monoisotopic (exact) mass is 297 g/mol. The van der Waals surface area contributed by atoms with Gasteiger partial charge in [-0.05, 0) is 50.2 Å². The van der Waals surface area contributed by atoms with Crippen LogP contribution in [0.5, 0.6) is 0 Å². The van der Waals surface area contributed by atoms with Gasteiger partial charge in [0.1, 0.15) is 0 Å². The van der Waals surface area contributed by atoms with E-state index in [1.807, 2.05) is 7.05 Å². The largest absolute Gasteiger partial charge is 0.388 e. The Kier molecular flexibility index (Phi) is 4.67. The van der Waals surface area contributed by atoms with Gasteiger partial charge in [-0.2, -0.15) is 0 Å². The molecule has 1 aromatic rings. The van der Waals surface area contributed by atoms with Crippen LogP contribution in [0.4, 0.5) is 5.69 Å². The number of hydrogen-bond acceptors (Lipinski definition) is 4. The molecule has 1 atom stereocenters. The molecule has 112 valence electrons. The predicted molar refractivity (Wildman–Crippen MR) is 81.4 cm³/mol. The molecule has 20 heavy (non-hydrogen) atoms. The normalized spacial score (nSPS) is 20.5. The quantitative estimate of drug-likeness (QED) is 0.890. The molecule has 1 heterocycles. The maximum Gasteiger partial charge on any atom is 0.242 e. The second-order valence-corrected chi connectivity index (χ2v) is 7.52. The van der Waals surface area contributed by atoms with Gasteiger partial charge in [0.05, 0.1) is 4.90 Å². The smallest absolute Gasteiger partial charge is 0.242 e. The summed E-state index contributed by atoms with van der Waals surface area (Å²) < 4.78 is 26.5. The molecule has 1 aromatic carbocycles. The van der Waals surface area contributed by atoms with Crippen LogP contribution in [0.25, 0.3) is 0 Å². The Hall–Kier alpha value is -1.11. The summed E-state index contributed by atoms with van der Waals surface area (Å²) in [6, 6.07) is 6.87. The van der Waals surface area contributed by atoms with Crippen molar-refractivity contribution >= 4 is 15.7 Å². The number of nitrogens with one attached hydrogen (secondary N) is 1. The van der Waals surface area contributed by atoms with Crippen LogP contribution in [0.15, 0.2) is 29.2 Å². The molecule has 1 fully saturated rings. The zero-order valence-corrected chi connectivity index (χ0v) is 13.2. The standard InChI is InChI=1S/C14H23N3O2S/c1-15-13-4-6-14(7-5-13)20(18,19)17(3)11-12-8-9-16(2)10-12/h4-7,12,15H,8-11H2,1-3H3. The molecule has 0 spiro atoms. The molecule has 0 bridgehead atoms. The molecule has 0 aliphatic carbocycles. The molecule has 6 heteroatoms. The molecular formula is C14H23N3O2S. The van der Waals surface area contributed by atoms with Crippen molar-refractivity contribution in [2.45, 2.75) is 11.3 Å². The van der Waals surface area contributed by atoms with E-state index in [9.17, 15) is 8.42 Å². The third kappa shape index (κ3) is 3.31. The molecule has 0 saturated carbocycles. The average Bonchev–Trinajstić information content (AvgIpc) is 2.84. The van der Waals surface area contributed by atoms with E-state index >= 15 is 0 Å². The molecule has 1 aliphatic heterocycles. The lowest BCUT2D eigenvalue weighted by Gasteiger charge is -2.21. The third-order valence-corrected chi connectivity index (χ3v) is 5.69. The van der Waals surface area contributed by atoms with Crippen molar-refractivity contribution in [1.82, 2.24) is 9.21 Å². The van der Waals surface area contributed by atoms with Crippen molar-refractivity contribution in [3.05, 3.63) is 24.3 Å². The van der Waals surface area contributed by atoms with Crippen LogP contribution < -0.4 is 5.32 Å².